The molecule has 0 saturated carbocycles. The molecule has 0 spiro atoms. The van der Waals surface area contributed by atoms with Gasteiger partial charge >= 0.3 is 0 Å². The van der Waals surface area contributed by atoms with Crippen LogP contribution in [0.3, 0.4) is 0 Å². The first kappa shape index (κ1) is 20.4. The van der Waals surface area contributed by atoms with E-state index in [1.54, 1.807) is 6.20 Å². The minimum Gasteiger partial charge on any atom is -0.356 e. The fourth-order valence-electron chi connectivity index (χ4n) is 3.75. The summed E-state index contributed by atoms with van der Waals surface area (Å²) in [6.45, 7) is 7.86. The van der Waals surface area contributed by atoms with Crippen LogP contribution in [0.4, 0.5) is 0 Å². The van der Waals surface area contributed by atoms with Crippen molar-refractivity contribution in [1.82, 2.24) is 25.3 Å². The maximum absolute atomic E-state index is 4.37. The van der Waals surface area contributed by atoms with E-state index in [1.165, 1.54) is 44.5 Å². The molecule has 6 heteroatoms. The van der Waals surface area contributed by atoms with Gasteiger partial charge in [0, 0.05) is 32.5 Å². The Bertz CT molecular complexity index is 699. The minimum atomic E-state index is 0.751. The summed E-state index contributed by atoms with van der Waals surface area (Å²) in [4.78, 5) is 6.95. The number of benzene rings is 1. The third-order valence-corrected chi connectivity index (χ3v) is 5.44. The molecule has 0 aliphatic carbocycles. The van der Waals surface area contributed by atoms with Crippen LogP contribution in [0.5, 0.6) is 0 Å². The molecule has 3 rings (SSSR count). The summed E-state index contributed by atoms with van der Waals surface area (Å²) in [5.41, 5.74) is 2.39. The number of aromatic nitrogens is 2. The van der Waals surface area contributed by atoms with Gasteiger partial charge in [0.15, 0.2) is 5.96 Å². The second-order valence-electron chi connectivity index (χ2n) is 7.53. The van der Waals surface area contributed by atoms with Crippen molar-refractivity contribution in [3.63, 3.8) is 0 Å². The minimum absolute atomic E-state index is 0.751. The quantitative estimate of drug-likeness (QED) is 0.544. The molecule has 1 aromatic carbocycles. The van der Waals surface area contributed by atoms with E-state index in [0.29, 0.717) is 0 Å². The molecule has 1 aliphatic rings. The molecule has 0 amide bonds. The predicted molar refractivity (Wildman–Crippen MR) is 116 cm³/mol. The van der Waals surface area contributed by atoms with Crippen molar-refractivity contribution in [2.75, 3.05) is 39.8 Å². The summed E-state index contributed by atoms with van der Waals surface area (Å²) >= 11 is 0. The van der Waals surface area contributed by atoms with Gasteiger partial charge in [-0.2, -0.15) is 5.10 Å². The Morgan fingerprint density at radius 2 is 1.96 bits per heavy atom. The van der Waals surface area contributed by atoms with E-state index in [4.69, 9.17) is 0 Å². The second kappa shape index (κ2) is 10.9. The van der Waals surface area contributed by atoms with Gasteiger partial charge < -0.3 is 15.5 Å². The van der Waals surface area contributed by atoms with E-state index in [-0.39, 0.29) is 0 Å². The van der Waals surface area contributed by atoms with Crippen LogP contribution in [0.25, 0.3) is 5.69 Å². The van der Waals surface area contributed by atoms with Gasteiger partial charge in [-0.25, -0.2) is 4.68 Å². The maximum Gasteiger partial charge on any atom is 0.190 e. The Hall–Kier alpha value is -2.34. The highest BCUT2D eigenvalue weighted by atomic mass is 15.3. The Morgan fingerprint density at radius 1 is 1.18 bits per heavy atom. The van der Waals surface area contributed by atoms with Crippen molar-refractivity contribution < 1.29 is 0 Å². The third-order valence-electron chi connectivity index (χ3n) is 5.44. The lowest BCUT2D eigenvalue weighted by Gasteiger charge is -2.32. The summed E-state index contributed by atoms with van der Waals surface area (Å²) in [7, 11) is 1.85. The Morgan fingerprint density at radius 3 is 2.61 bits per heavy atom. The molecule has 1 fully saturated rings. The highest BCUT2D eigenvalue weighted by Gasteiger charge is 2.18. The number of nitrogens with zero attached hydrogens (tertiary/aromatic N) is 4. The van der Waals surface area contributed by atoms with E-state index in [1.807, 2.05) is 24.0 Å². The fraction of sp³-hybridized carbons (Fsp3) is 0.545. The first-order chi connectivity index (χ1) is 13.8. The van der Waals surface area contributed by atoms with Gasteiger partial charge in [0.25, 0.3) is 0 Å². The molecule has 0 unspecified atom stereocenters. The smallest absolute Gasteiger partial charge is 0.190 e. The molecule has 152 valence electrons. The number of hydrogen-bond acceptors (Lipinski definition) is 3. The van der Waals surface area contributed by atoms with Crippen LogP contribution >= 0.6 is 0 Å². The monoisotopic (exact) mass is 382 g/mol. The molecule has 1 saturated heterocycles. The Kier molecular flexibility index (Phi) is 7.91. The van der Waals surface area contributed by atoms with Crippen LogP contribution in [0.1, 0.15) is 31.7 Å². The van der Waals surface area contributed by atoms with Crippen LogP contribution in [-0.2, 0) is 6.42 Å². The fourth-order valence-corrected chi connectivity index (χ4v) is 3.75. The largest absolute Gasteiger partial charge is 0.356 e. The zero-order chi connectivity index (χ0) is 19.6. The van der Waals surface area contributed by atoms with Crippen LogP contribution in [-0.4, -0.2) is 60.4 Å². The van der Waals surface area contributed by atoms with Gasteiger partial charge in [0.1, 0.15) is 0 Å². The van der Waals surface area contributed by atoms with E-state index in [2.05, 4.69) is 56.8 Å². The van der Waals surface area contributed by atoms with Crippen molar-refractivity contribution in [3.05, 3.63) is 48.3 Å². The summed E-state index contributed by atoms with van der Waals surface area (Å²) < 4.78 is 1.88. The maximum atomic E-state index is 4.37. The number of piperidine rings is 1. The number of guanidine groups is 1. The van der Waals surface area contributed by atoms with Gasteiger partial charge in [0.05, 0.1) is 5.69 Å². The highest BCUT2D eigenvalue weighted by molar-refractivity contribution is 5.79. The molecule has 2 heterocycles. The summed E-state index contributed by atoms with van der Waals surface area (Å²) in [6.07, 6.45) is 8.55. The molecule has 6 nitrogen and oxygen atoms in total. The lowest BCUT2D eigenvalue weighted by Crippen LogP contribution is -2.43. The van der Waals surface area contributed by atoms with E-state index in [0.717, 1.165) is 37.1 Å². The van der Waals surface area contributed by atoms with Gasteiger partial charge in [0.2, 0.25) is 0 Å². The van der Waals surface area contributed by atoms with Crippen molar-refractivity contribution >= 4 is 5.96 Å². The Labute approximate surface area is 169 Å². The highest BCUT2D eigenvalue weighted by Crippen LogP contribution is 2.16. The lowest BCUT2D eigenvalue weighted by atomic mass is 9.97. The molecule has 0 atom stereocenters. The first-order valence-electron chi connectivity index (χ1n) is 10.5. The van der Waals surface area contributed by atoms with Gasteiger partial charge in [-0.15, -0.1) is 0 Å². The van der Waals surface area contributed by atoms with Crippen molar-refractivity contribution in [1.29, 1.82) is 0 Å². The van der Waals surface area contributed by atoms with Crippen LogP contribution in [0, 0.1) is 5.92 Å². The summed E-state index contributed by atoms with van der Waals surface area (Å²) in [5, 5.41) is 11.2. The molecule has 0 bridgehead atoms. The topological polar surface area (TPSA) is 57.5 Å². The summed E-state index contributed by atoms with van der Waals surface area (Å²) in [6, 6.07) is 10.5. The number of nitrogens with one attached hydrogen (secondary N) is 2. The average Bonchev–Trinajstić information content (AvgIpc) is 3.27. The number of aliphatic imine (C=N–C) groups is 1. The van der Waals surface area contributed by atoms with E-state index in [9.17, 15) is 0 Å². The van der Waals surface area contributed by atoms with Crippen LogP contribution < -0.4 is 10.6 Å². The van der Waals surface area contributed by atoms with E-state index < -0.39 is 0 Å². The number of hydrogen-bond donors (Lipinski definition) is 2. The van der Waals surface area contributed by atoms with Crippen molar-refractivity contribution in [2.45, 2.75) is 32.6 Å². The summed E-state index contributed by atoms with van der Waals surface area (Å²) in [5.74, 6) is 1.66. The molecule has 28 heavy (non-hydrogen) atoms. The normalized spacial score (nSPS) is 16.3. The second-order valence-corrected chi connectivity index (χ2v) is 7.53. The lowest BCUT2D eigenvalue weighted by molar-refractivity contribution is 0.185. The van der Waals surface area contributed by atoms with Crippen LogP contribution in [0.2, 0.25) is 0 Å². The molecule has 0 radical (unpaired) electrons. The molecular weight excluding hydrogens is 348 g/mol. The van der Waals surface area contributed by atoms with Gasteiger partial charge in [-0.1, -0.05) is 19.1 Å². The zero-order valence-corrected chi connectivity index (χ0v) is 17.3. The Balaban J connectivity index is 1.35. The van der Waals surface area contributed by atoms with Gasteiger partial charge in [-0.3, -0.25) is 4.99 Å². The average molecular weight is 383 g/mol. The first-order valence-corrected chi connectivity index (χ1v) is 10.5. The standard InChI is InChI=1S/C22H34N6/c1-3-14-27-16-10-20(11-17-27)18-25-22(23-2)24-13-9-19-5-7-21(8-6-19)28-15-4-12-26-28/h4-8,12,15,20H,3,9-11,13-14,16-18H2,1-2H3,(H2,23,24,25). The van der Waals surface area contributed by atoms with Gasteiger partial charge in [-0.05, 0) is 75.0 Å². The van der Waals surface area contributed by atoms with Crippen molar-refractivity contribution in [2.24, 2.45) is 10.9 Å². The SMILES string of the molecule is CCCN1CCC(CNC(=NC)NCCc2ccc(-n3cccn3)cc2)CC1. The van der Waals surface area contributed by atoms with E-state index >= 15 is 0 Å². The molecule has 1 aliphatic heterocycles. The number of likely N-dealkylation sites (tertiary alicyclic amines) is 1. The van der Waals surface area contributed by atoms with Crippen molar-refractivity contribution in [3.8, 4) is 5.69 Å². The predicted octanol–water partition coefficient (Wildman–Crippen LogP) is 2.70. The molecule has 2 aromatic rings. The molecule has 2 N–H and O–H groups in total. The molecule has 1 aromatic heterocycles. The third kappa shape index (κ3) is 6.09. The zero-order valence-electron chi connectivity index (χ0n) is 17.3. The molecular formula is C22H34N6. The number of rotatable bonds is 8. The van der Waals surface area contributed by atoms with Crippen LogP contribution in [0.15, 0.2) is 47.7 Å².